The Morgan fingerprint density at radius 2 is 1.44 bits per heavy atom. The molecule has 0 spiro atoms. The van der Waals surface area contributed by atoms with Crippen LogP contribution in [0.25, 0.3) is 0 Å². The number of aromatic nitrogens is 2. The van der Waals surface area contributed by atoms with Crippen molar-refractivity contribution in [3.63, 3.8) is 0 Å². The van der Waals surface area contributed by atoms with Gasteiger partial charge in [-0.2, -0.15) is 5.10 Å². The monoisotopic (exact) mass is 356 g/mol. The van der Waals surface area contributed by atoms with Gasteiger partial charge in [0.25, 0.3) is 0 Å². The van der Waals surface area contributed by atoms with Crippen LogP contribution in [0, 0.1) is 6.92 Å². The first-order valence-electron chi connectivity index (χ1n) is 8.15. The van der Waals surface area contributed by atoms with Crippen LogP contribution in [0.15, 0.2) is 60.9 Å². The molecule has 3 aromatic rings. The normalized spacial score (nSPS) is 13.6. The van der Waals surface area contributed by atoms with Crippen LogP contribution < -0.4 is 0 Å². The van der Waals surface area contributed by atoms with Gasteiger partial charge in [-0.3, -0.25) is 4.68 Å². The Bertz CT molecular complexity index is 812. The zero-order chi connectivity index (χ0) is 17.8. The van der Waals surface area contributed by atoms with Crippen molar-refractivity contribution in [1.82, 2.24) is 9.78 Å². The van der Waals surface area contributed by atoms with E-state index in [1.807, 2.05) is 60.4 Å². The van der Waals surface area contributed by atoms with Crippen molar-refractivity contribution in [2.45, 2.75) is 31.6 Å². The Kier molecular flexibility index (Phi) is 5.53. The molecule has 130 valence electrons. The summed E-state index contributed by atoms with van der Waals surface area (Å²) in [4.78, 5) is 0. The van der Waals surface area contributed by atoms with Crippen molar-refractivity contribution in [2.75, 3.05) is 0 Å². The van der Waals surface area contributed by atoms with Gasteiger partial charge in [0.1, 0.15) is 12.2 Å². The molecule has 0 amide bonds. The number of hydrogen-bond acceptors (Lipinski definition) is 3. The van der Waals surface area contributed by atoms with Crippen LogP contribution >= 0.6 is 11.6 Å². The van der Waals surface area contributed by atoms with Crippen LogP contribution in [0.3, 0.4) is 0 Å². The molecular weight excluding hydrogens is 336 g/mol. The molecule has 2 aromatic carbocycles. The van der Waals surface area contributed by atoms with E-state index in [9.17, 15) is 10.2 Å². The fourth-order valence-corrected chi connectivity index (χ4v) is 2.91. The zero-order valence-corrected chi connectivity index (χ0v) is 14.8. The second-order valence-corrected chi connectivity index (χ2v) is 6.49. The number of aryl methyl sites for hydroxylation is 1. The van der Waals surface area contributed by atoms with Crippen molar-refractivity contribution in [3.8, 4) is 0 Å². The number of alkyl halides is 1. The highest BCUT2D eigenvalue weighted by Crippen LogP contribution is 2.29. The minimum absolute atomic E-state index is 0.427. The third-order valence-corrected chi connectivity index (χ3v) is 4.51. The van der Waals surface area contributed by atoms with Gasteiger partial charge in [0, 0.05) is 12.1 Å². The summed E-state index contributed by atoms with van der Waals surface area (Å²) in [5.74, 6) is 0.427. The molecule has 2 N–H and O–H groups in total. The molecule has 25 heavy (non-hydrogen) atoms. The van der Waals surface area contributed by atoms with Crippen LogP contribution in [0.2, 0.25) is 0 Å². The minimum Gasteiger partial charge on any atom is -0.385 e. The van der Waals surface area contributed by atoms with Gasteiger partial charge >= 0.3 is 0 Å². The van der Waals surface area contributed by atoms with Gasteiger partial charge in [-0.05, 0) is 34.7 Å². The number of halogens is 1. The number of aliphatic hydroxyl groups is 2. The van der Waals surface area contributed by atoms with E-state index >= 15 is 0 Å². The quantitative estimate of drug-likeness (QED) is 0.661. The van der Waals surface area contributed by atoms with Crippen molar-refractivity contribution >= 4 is 11.6 Å². The zero-order valence-electron chi connectivity index (χ0n) is 14.0. The van der Waals surface area contributed by atoms with E-state index < -0.39 is 12.2 Å². The third-order valence-electron chi connectivity index (χ3n) is 4.20. The lowest BCUT2D eigenvalue weighted by Crippen LogP contribution is -2.10. The van der Waals surface area contributed by atoms with Gasteiger partial charge in [0.2, 0.25) is 0 Å². The molecule has 0 aliphatic carbocycles. The summed E-state index contributed by atoms with van der Waals surface area (Å²) >= 11 is 5.77. The molecule has 5 heteroatoms. The second kappa shape index (κ2) is 7.83. The number of nitrogens with zero attached hydrogens (tertiary/aromatic N) is 2. The largest absolute Gasteiger partial charge is 0.385 e. The lowest BCUT2D eigenvalue weighted by Gasteiger charge is -2.19. The molecular formula is C20H21ClN2O2. The molecule has 4 nitrogen and oxygen atoms in total. The molecule has 0 saturated heterocycles. The average molecular weight is 357 g/mol. The number of aliphatic hydroxyl groups excluding tert-OH is 2. The smallest absolute Gasteiger partial charge is 0.109 e. The van der Waals surface area contributed by atoms with Crippen LogP contribution in [-0.4, -0.2) is 20.0 Å². The molecule has 0 aliphatic rings. The fraction of sp³-hybridized carbons (Fsp3) is 0.250. The van der Waals surface area contributed by atoms with E-state index in [0.29, 0.717) is 23.6 Å². The first-order chi connectivity index (χ1) is 12.1. The molecule has 3 rings (SSSR count). The maximum Gasteiger partial charge on any atom is 0.109 e. The highest BCUT2D eigenvalue weighted by Gasteiger charge is 2.20. The Morgan fingerprint density at radius 3 is 1.88 bits per heavy atom. The summed E-state index contributed by atoms with van der Waals surface area (Å²) in [6.45, 7) is 2.68. The fourth-order valence-electron chi connectivity index (χ4n) is 2.73. The predicted molar refractivity (Wildman–Crippen MR) is 98.4 cm³/mol. The SMILES string of the molecule is Cc1cnn(Cc2ccc(C(O)C(O)c3ccc(CCl)cc3)cc2)c1. The van der Waals surface area contributed by atoms with Crippen LogP contribution in [0.5, 0.6) is 0 Å². The van der Waals surface area contributed by atoms with Crippen molar-refractivity contribution in [1.29, 1.82) is 0 Å². The standard InChI is InChI=1S/C20H21ClN2O2/c1-14-11-22-23(12-14)13-16-4-8-18(9-5-16)20(25)19(24)17-6-2-15(10-21)3-7-17/h2-9,11-12,19-20,24-25H,10,13H2,1H3. The van der Waals surface area contributed by atoms with Crippen molar-refractivity contribution < 1.29 is 10.2 Å². The molecule has 2 atom stereocenters. The van der Waals surface area contributed by atoms with Gasteiger partial charge in [0.15, 0.2) is 0 Å². The highest BCUT2D eigenvalue weighted by atomic mass is 35.5. The van der Waals surface area contributed by atoms with Gasteiger partial charge in [-0.15, -0.1) is 11.6 Å². The average Bonchev–Trinajstić information content (AvgIpc) is 3.06. The Balaban J connectivity index is 1.69. The Labute approximate surface area is 152 Å². The number of rotatable bonds is 6. The van der Waals surface area contributed by atoms with Gasteiger partial charge < -0.3 is 10.2 Å². The maximum absolute atomic E-state index is 10.5. The Morgan fingerprint density at radius 1 is 0.920 bits per heavy atom. The van der Waals surface area contributed by atoms with E-state index in [-0.39, 0.29) is 0 Å². The van der Waals surface area contributed by atoms with Gasteiger partial charge in [-0.25, -0.2) is 0 Å². The second-order valence-electron chi connectivity index (χ2n) is 6.22. The van der Waals surface area contributed by atoms with Gasteiger partial charge in [0.05, 0.1) is 12.7 Å². The molecule has 0 radical (unpaired) electrons. The first-order valence-corrected chi connectivity index (χ1v) is 8.69. The van der Waals surface area contributed by atoms with E-state index in [0.717, 1.165) is 16.7 Å². The first kappa shape index (κ1) is 17.7. The molecule has 2 unspecified atom stereocenters. The summed E-state index contributed by atoms with van der Waals surface area (Å²) in [5, 5.41) is 25.1. The van der Waals surface area contributed by atoms with Crippen molar-refractivity contribution in [2.24, 2.45) is 0 Å². The molecule has 0 saturated carbocycles. The Hall–Kier alpha value is -2.14. The molecule has 1 heterocycles. The predicted octanol–water partition coefficient (Wildman–Crippen LogP) is 3.75. The van der Waals surface area contributed by atoms with Crippen LogP contribution in [-0.2, 0) is 12.4 Å². The molecule has 0 fully saturated rings. The lowest BCUT2D eigenvalue weighted by molar-refractivity contribution is 0.0172. The van der Waals surface area contributed by atoms with E-state index in [2.05, 4.69) is 5.10 Å². The highest BCUT2D eigenvalue weighted by molar-refractivity contribution is 6.17. The summed E-state index contributed by atoms with van der Waals surface area (Å²) in [7, 11) is 0. The van der Waals surface area contributed by atoms with Gasteiger partial charge in [-0.1, -0.05) is 48.5 Å². The summed E-state index contributed by atoms with van der Waals surface area (Å²) < 4.78 is 1.87. The molecule has 1 aromatic heterocycles. The molecule has 0 aliphatic heterocycles. The third kappa shape index (κ3) is 4.28. The number of hydrogen-bond donors (Lipinski definition) is 2. The molecule has 0 bridgehead atoms. The summed E-state index contributed by atoms with van der Waals surface area (Å²) in [6, 6.07) is 14.9. The van der Waals surface area contributed by atoms with Crippen LogP contribution in [0.1, 0.15) is 40.0 Å². The summed E-state index contributed by atoms with van der Waals surface area (Å²) in [5.41, 5.74) is 4.52. The van der Waals surface area contributed by atoms with Crippen molar-refractivity contribution in [3.05, 3.63) is 88.7 Å². The maximum atomic E-state index is 10.5. The van der Waals surface area contributed by atoms with Crippen LogP contribution in [0.4, 0.5) is 0 Å². The lowest BCUT2D eigenvalue weighted by atomic mass is 9.97. The minimum atomic E-state index is -0.983. The van der Waals surface area contributed by atoms with E-state index in [4.69, 9.17) is 11.6 Å². The summed E-state index contributed by atoms with van der Waals surface area (Å²) in [6.07, 6.45) is 1.84. The number of benzene rings is 2. The van der Waals surface area contributed by atoms with E-state index in [1.165, 1.54) is 0 Å². The topological polar surface area (TPSA) is 58.3 Å². The van der Waals surface area contributed by atoms with E-state index in [1.54, 1.807) is 12.1 Å².